The average molecular weight is 308 g/mol. The van der Waals surface area contributed by atoms with Gasteiger partial charge in [-0.25, -0.2) is 0 Å². The molecule has 1 unspecified atom stereocenters. The Morgan fingerprint density at radius 3 is 2.52 bits per heavy atom. The van der Waals surface area contributed by atoms with Crippen LogP contribution in [-0.4, -0.2) is 36.0 Å². The predicted molar refractivity (Wildman–Crippen MR) is 89.5 cm³/mol. The summed E-state index contributed by atoms with van der Waals surface area (Å²) in [4.78, 5) is 14.4. The molecule has 5 heteroatoms. The van der Waals surface area contributed by atoms with Gasteiger partial charge >= 0.3 is 0 Å². The number of thiocarbonyl (C=S) groups is 1. The molecule has 1 amide bonds. The number of carbonyl (C=O) groups excluding carboxylic acids is 1. The predicted octanol–water partition coefficient (Wildman–Crippen LogP) is 2.40. The molecule has 21 heavy (non-hydrogen) atoms. The first-order chi connectivity index (χ1) is 9.71. The number of ether oxygens (including phenoxy) is 1. The van der Waals surface area contributed by atoms with E-state index in [1.165, 1.54) is 0 Å². The molecule has 0 saturated heterocycles. The van der Waals surface area contributed by atoms with E-state index in [1.807, 2.05) is 31.2 Å². The fourth-order valence-corrected chi connectivity index (χ4v) is 2.16. The summed E-state index contributed by atoms with van der Waals surface area (Å²) in [7, 11) is 3.43. The van der Waals surface area contributed by atoms with Gasteiger partial charge in [0.25, 0.3) is 0 Å². The second kappa shape index (κ2) is 6.89. The molecular formula is C16H24N2O2S. The van der Waals surface area contributed by atoms with Gasteiger partial charge < -0.3 is 15.4 Å². The summed E-state index contributed by atoms with van der Waals surface area (Å²) < 4.78 is 5.35. The van der Waals surface area contributed by atoms with E-state index in [-0.39, 0.29) is 16.9 Å². The van der Waals surface area contributed by atoms with Crippen molar-refractivity contribution in [2.45, 2.75) is 33.2 Å². The molecule has 0 aromatic heterocycles. The van der Waals surface area contributed by atoms with Crippen molar-refractivity contribution >= 4 is 23.1 Å². The Balaban J connectivity index is 2.86. The summed E-state index contributed by atoms with van der Waals surface area (Å²) in [5, 5.41) is 0. The number of benzene rings is 1. The number of para-hydroxylation sites is 1. The lowest BCUT2D eigenvalue weighted by Crippen LogP contribution is -2.49. The zero-order valence-electron chi connectivity index (χ0n) is 13.3. The van der Waals surface area contributed by atoms with Gasteiger partial charge in [0.1, 0.15) is 5.75 Å². The number of amides is 1. The Hall–Kier alpha value is -1.62. The normalized spacial score (nSPS) is 12.6. The van der Waals surface area contributed by atoms with Gasteiger partial charge in [-0.15, -0.1) is 0 Å². The van der Waals surface area contributed by atoms with Gasteiger partial charge in [-0.2, -0.15) is 0 Å². The molecular weight excluding hydrogens is 284 g/mol. The molecule has 0 radical (unpaired) electrons. The second-order valence-corrected chi connectivity index (χ2v) is 6.21. The lowest BCUT2D eigenvalue weighted by molar-refractivity contribution is -0.137. The molecule has 1 aromatic carbocycles. The number of likely N-dealkylation sites (N-methyl/N-ethyl adjacent to an activating group) is 1. The molecule has 0 spiro atoms. The Bertz CT molecular complexity index is 529. The highest BCUT2D eigenvalue weighted by molar-refractivity contribution is 7.80. The van der Waals surface area contributed by atoms with E-state index in [1.54, 1.807) is 32.9 Å². The van der Waals surface area contributed by atoms with E-state index in [0.29, 0.717) is 6.42 Å². The van der Waals surface area contributed by atoms with Crippen molar-refractivity contribution in [2.24, 2.45) is 11.1 Å². The average Bonchev–Trinajstić information content (AvgIpc) is 2.45. The maximum Gasteiger partial charge on any atom is 0.235 e. The van der Waals surface area contributed by atoms with Crippen LogP contribution in [0.25, 0.3) is 0 Å². The number of nitrogens with two attached hydrogens (primary N) is 1. The Labute approximate surface area is 132 Å². The minimum atomic E-state index is -0.834. The molecule has 0 heterocycles. The largest absolute Gasteiger partial charge is 0.496 e. The van der Waals surface area contributed by atoms with Crippen molar-refractivity contribution in [2.75, 3.05) is 14.2 Å². The minimum absolute atomic E-state index is 0.0161. The fourth-order valence-electron chi connectivity index (χ4n) is 2.07. The van der Waals surface area contributed by atoms with Gasteiger partial charge in [0.05, 0.1) is 17.5 Å². The van der Waals surface area contributed by atoms with E-state index >= 15 is 0 Å². The maximum atomic E-state index is 12.5. The van der Waals surface area contributed by atoms with Crippen LogP contribution in [0.3, 0.4) is 0 Å². The van der Waals surface area contributed by atoms with Crippen molar-refractivity contribution in [1.29, 1.82) is 0 Å². The molecule has 116 valence electrons. The molecule has 0 saturated carbocycles. The topological polar surface area (TPSA) is 55.6 Å². The van der Waals surface area contributed by atoms with Crippen LogP contribution in [0.5, 0.6) is 5.75 Å². The monoisotopic (exact) mass is 308 g/mol. The number of rotatable bonds is 6. The first-order valence-electron chi connectivity index (χ1n) is 6.90. The molecule has 1 rings (SSSR count). The maximum absolute atomic E-state index is 12.5. The molecule has 0 bridgehead atoms. The minimum Gasteiger partial charge on any atom is -0.496 e. The molecule has 0 aliphatic carbocycles. The Kier molecular flexibility index (Phi) is 5.72. The van der Waals surface area contributed by atoms with Gasteiger partial charge in [-0.1, -0.05) is 30.4 Å². The van der Waals surface area contributed by atoms with E-state index < -0.39 is 5.41 Å². The van der Waals surface area contributed by atoms with Crippen molar-refractivity contribution in [3.05, 3.63) is 29.8 Å². The number of methoxy groups -OCH3 is 1. The fraction of sp³-hybridized carbons (Fsp3) is 0.500. The van der Waals surface area contributed by atoms with Gasteiger partial charge in [-0.05, 0) is 38.8 Å². The van der Waals surface area contributed by atoms with Crippen molar-refractivity contribution in [1.82, 2.24) is 4.90 Å². The first kappa shape index (κ1) is 17.4. The second-order valence-electron chi connectivity index (χ2n) is 5.77. The van der Waals surface area contributed by atoms with Crippen LogP contribution in [-0.2, 0) is 11.2 Å². The molecule has 0 aliphatic heterocycles. The van der Waals surface area contributed by atoms with Crippen LogP contribution in [0.2, 0.25) is 0 Å². The zero-order valence-corrected chi connectivity index (χ0v) is 14.2. The van der Waals surface area contributed by atoms with Gasteiger partial charge in [0.15, 0.2) is 0 Å². The summed E-state index contributed by atoms with van der Waals surface area (Å²) in [6.07, 6.45) is 0.708. The number of nitrogens with zero attached hydrogens (tertiary/aromatic N) is 1. The summed E-state index contributed by atoms with van der Waals surface area (Å²) in [6.45, 7) is 5.51. The molecule has 2 N–H and O–H groups in total. The summed E-state index contributed by atoms with van der Waals surface area (Å²) in [6, 6.07) is 7.83. The molecule has 1 atom stereocenters. The van der Waals surface area contributed by atoms with Crippen LogP contribution in [0.1, 0.15) is 26.3 Å². The number of hydrogen-bond donors (Lipinski definition) is 1. The summed E-state index contributed by atoms with van der Waals surface area (Å²) in [5.41, 5.74) is 5.91. The highest BCUT2D eigenvalue weighted by Gasteiger charge is 2.35. The summed E-state index contributed by atoms with van der Waals surface area (Å²) >= 11 is 4.99. The first-order valence-corrected chi connectivity index (χ1v) is 7.31. The number of carbonyl (C=O) groups is 1. The molecule has 4 nitrogen and oxygen atoms in total. The van der Waals surface area contributed by atoms with Crippen molar-refractivity contribution in [3.8, 4) is 5.75 Å². The SMILES string of the molecule is COc1ccccc1CC(C)N(C)C(=O)C(C)(C)C(N)=S. The van der Waals surface area contributed by atoms with Crippen molar-refractivity contribution in [3.63, 3.8) is 0 Å². The molecule has 0 fully saturated rings. The Morgan fingerprint density at radius 2 is 2.00 bits per heavy atom. The highest BCUT2D eigenvalue weighted by Crippen LogP contribution is 2.23. The standard InChI is InChI=1S/C16H24N2O2S/c1-11(10-12-8-6-7-9-13(12)20-5)18(4)15(19)16(2,3)14(17)21/h6-9,11H,10H2,1-5H3,(H2,17,21). The van der Waals surface area contributed by atoms with Gasteiger partial charge in [0, 0.05) is 13.1 Å². The van der Waals surface area contributed by atoms with Gasteiger partial charge in [-0.3, -0.25) is 4.79 Å². The van der Waals surface area contributed by atoms with E-state index in [4.69, 9.17) is 22.7 Å². The third-order valence-corrected chi connectivity index (χ3v) is 4.35. The van der Waals surface area contributed by atoms with Crippen LogP contribution in [0.15, 0.2) is 24.3 Å². The number of hydrogen-bond acceptors (Lipinski definition) is 3. The van der Waals surface area contributed by atoms with Crippen LogP contribution in [0.4, 0.5) is 0 Å². The Morgan fingerprint density at radius 1 is 1.43 bits per heavy atom. The van der Waals surface area contributed by atoms with E-state index in [2.05, 4.69) is 0 Å². The lowest BCUT2D eigenvalue weighted by atomic mass is 9.90. The van der Waals surface area contributed by atoms with Crippen LogP contribution in [0, 0.1) is 5.41 Å². The van der Waals surface area contributed by atoms with E-state index in [9.17, 15) is 4.79 Å². The zero-order chi connectivity index (χ0) is 16.2. The van der Waals surface area contributed by atoms with Crippen LogP contribution < -0.4 is 10.5 Å². The van der Waals surface area contributed by atoms with Gasteiger partial charge in [0.2, 0.25) is 5.91 Å². The highest BCUT2D eigenvalue weighted by atomic mass is 32.1. The lowest BCUT2D eigenvalue weighted by Gasteiger charge is -2.32. The quantitative estimate of drug-likeness (QED) is 0.820. The van der Waals surface area contributed by atoms with Crippen LogP contribution >= 0.6 is 12.2 Å². The van der Waals surface area contributed by atoms with E-state index in [0.717, 1.165) is 11.3 Å². The summed E-state index contributed by atoms with van der Waals surface area (Å²) in [5.74, 6) is 0.760. The molecule has 0 aliphatic rings. The molecule has 1 aromatic rings. The third-order valence-electron chi connectivity index (χ3n) is 3.84. The third kappa shape index (κ3) is 3.94. The van der Waals surface area contributed by atoms with Crippen molar-refractivity contribution < 1.29 is 9.53 Å². The smallest absolute Gasteiger partial charge is 0.235 e.